The van der Waals surface area contributed by atoms with Gasteiger partial charge in [0.1, 0.15) is 6.33 Å². The first kappa shape index (κ1) is 10.0. The maximum absolute atomic E-state index is 12.4. The number of hydrogen-bond acceptors (Lipinski definition) is 3. The molecule has 1 N–H and O–H groups in total. The summed E-state index contributed by atoms with van der Waals surface area (Å²) >= 11 is 0. The predicted molar refractivity (Wildman–Crippen MR) is 41.0 cm³/mol. The van der Waals surface area contributed by atoms with E-state index in [4.69, 9.17) is 0 Å². The number of halogens is 3. The molecule has 1 aromatic rings. The standard InChI is InChI=1S/C6H5F2N3O.ClH/c7-6(8)1-3(6)4(12)5-9-2-10-11-5;/h2-3H,1H2,(H,9,10,11);1H/t3-;/m1./s1. The van der Waals surface area contributed by atoms with Gasteiger partial charge in [-0.25, -0.2) is 13.8 Å². The molecule has 0 bridgehead atoms. The largest absolute Gasteiger partial charge is 0.290 e. The number of aromatic nitrogens is 3. The SMILES string of the molecule is Cl.O=C(c1ncn[nH]1)[C@H]1CC1(F)F. The second kappa shape index (κ2) is 3.02. The van der Waals surface area contributed by atoms with E-state index in [0.29, 0.717) is 0 Å². The van der Waals surface area contributed by atoms with Gasteiger partial charge < -0.3 is 0 Å². The van der Waals surface area contributed by atoms with Gasteiger partial charge in [0, 0.05) is 6.42 Å². The number of ketones is 1. The summed E-state index contributed by atoms with van der Waals surface area (Å²) in [6.07, 6.45) is 0.750. The van der Waals surface area contributed by atoms with Gasteiger partial charge in [-0.2, -0.15) is 5.10 Å². The summed E-state index contributed by atoms with van der Waals surface area (Å²) in [6.45, 7) is 0. The number of carbonyl (C=O) groups is 1. The van der Waals surface area contributed by atoms with E-state index < -0.39 is 17.6 Å². The lowest BCUT2D eigenvalue weighted by Gasteiger charge is -1.92. The van der Waals surface area contributed by atoms with Crippen LogP contribution in [0.2, 0.25) is 0 Å². The predicted octanol–water partition coefficient (Wildman–Crippen LogP) is 1.06. The molecule has 0 aromatic carbocycles. The number of Topliss-reactive ketones (excluding diaryl/α,β-unsaturated/α-hetero) is 1. The molecule has 2 rings (SSSR count). The summed E-state index contributed by atoms with van der Waals surface area (Å²) < 4.78 is 24.7. The summed E-state index contributed by atoms with van der Waals surface area (Å²) in [6, 6.07) is 0. The van der Waals surface area contributed by atoms with Crippen LogP contribution in [0.1, 0.15) is 17.0 Å². The third-order valence-electron chi connectivity index (χ3n) is 1.79. The van der Waals surface area contributed by atoms with Crippen LogP contribution in [0.15, 0.2) is 6.33 Å². The molecule has 1 fully saturated rings. The van der Waals surface area contributed by atoms with Gasteiger partial charge in [-0.3, -0.25) is 9.89 Å². The Morgan fingerprint density at radius 2 is 2.31 bits per heavy atom. The summed E-state index contributed by atoms with van der Waals surface area (Å²) in [5.74, 6) is -4.76. The molecule has 0 saturated heterocycles. The van der Waals surface area contributed by atoms with Crippen LogP contribution < -0.4 is 0 Å². The number of carbonyl (C=O) groups excluding carboxylic acids is 1. The monoisotopic (exact) mass is 209 g/mol. The number of hydrogen-bond donors (Lipinski definition) is 1. The van der Waals surface area contributed by atoms with Crippen molar-refractivity contribution in [3.63, 3.8) is 0 Å². The zero-order valence-electron chi connectivity index (χ0n) is 6.33. The van der Waals surface area contributed by atoms with Gasteiger partial charge >= 0.3 is 0 Å². The Morgan fingerprint density at radius 1 is 1.69 bits per heavy atom. The van der Waals surface area contributed by atoms with E-state index in [0.717, 1.165) is 6.33 Å². The Hall–Kier alpha value is -1.04. The van der Waals surface area contributed by atoms with Gasteiger partial charge in [0.15, 0.2) is 5.82 Å². The average Bonchev–Trinajstić information content (AvgIpc) is 2.56. The van der Waals surface area contributed by atoms with E-state index in [1.54, 1.807) is 0 Å². The summed E-state index contributed by atoms with van der Waals surface area (Å²) in [5, 5.41) is 5.65. The minimum atomic E-state index is -2.83. The first-order valence-corrected chi connectivity index (χ1v) is 3.38. The number of rotatable bonds is 2. The van der Waals surface area contributed by atoms with E-state index >= 15 is 0 Å². The smallest absolute Gasteiger partial charge is 0.259 e. The maximum atomic E-state index is 12.4. The highest BCUT2D eigenvalue weighted by Gasteiger charge is 2.61. The second-order valence-corrected chi connectivity index (χ2v) is 2.72. The molecule has 72 valence electrons. The molecular formula is C6H6ClF2N3O. The van der Waals surface area contributed by atoms with Crippen molar-refractivity contribution in [2.24, 2.45) is 5.92 Å². The highest BCUT2D eigenvalue weighted by Crippen LogP contribution is 2.49. The van der Waals surface area contributed by atoms with Crippen LogP contribution >= 0.6 is 12.4 Å². The molecule has 0 amide bonds. The molecule has 13 heavy (non-hydrogen) atoms. The molecule has 0 spiro atoms. The highest BCUT2D eigenvalue weighted by atomic mass is 35.5. The van der Waals surface area contributed by atoms with E-state index in [2.05, 4.69) is 15.2 Å². The van der Waals surface area contributed by atoms with Gasteiger partial charge in [-0.15, -0.1) is 12.4 Å². The number of aromatic amines is 1. The minimum Gasteiger partial charge on any atom is -0.290 e. The van der Waals surface area contributed by atoms with E-state index in [1.807, 2.05) is 0 Å². The zero-order valence-corrected chi connectivity index (χ0v) is 7.15. The molecule has 1 aliphatic carbocycles. The van der Waals surface area contributed by atoms with Crippen LogP contribution in [-0.4, -0.2) is 26.9 Å². The summed E-state index contributed by atoms with van der Waals surface area (Å²) in [5.41, 5.74) is 0. The van der Waals surface area contributed by atoms with Crippen molar-refractivity contribution in [3.8, 4) is 0 Å². The zero-order chi connectivity index (χ0) is 8.77. The van der Waals surface area contributed by atoms with E-state index in [9.17, 15) is 13.6 Å². The lowest BCUT2D eigenvalue weighted by Crippen LogP contribution is -2.09. The second-order valence-electron chi connectivity index (χ2n) is 2.72. The number of H-pyrrole nitrogens is 1. The van der Waals surface area contributed by atoms with Crippen molar-refractivity contribution < 1.29 is 13.6 Å². The average molecular weight is 210 g/mol. The molecule has 0 unspecified atom stereocenters. The maximum Gasteiger partial charge on any atom is 0.259 e. The Balaban J connectivity index is 0.000000845. The van der Waals surface area contributed by atoms with Crippen LogP contribution in [-0.2, 0) is 0 Å². The summed E-state index contributed by atoms with van der Waals surface area (Å²) in [4.78, 5) is 14.6. The van der Waals surface area contributed by atoms with Crippen molar-refractivity contribution >= 4 is 18.2 Å². The number of alkyl halides is 2. The van der Waals surface area contributed by atoms with Crippen molar-refractivity contribution in [3.05, 3.63) is 12.2 Å². The topological polar surface area (TPSA) is 58.6 Å². The number of nitrogens with zero attached hydrogens (tertiary/aromatic N) is 2. The molecular weight excluding hydrogens is 204 g/mol. The molecule has 0 radical (unpaired) electrons. The fourth-order valence-electron chi connectivity index (χ4n) is 0.987. The molecule has 1 saturated carbocycles. The van der Waals surface area contributed by atoms with Gasteiger partial charge in [0.2, 0.25) is 5.78 Å². The van der Waals surface area contributed by atoms with Gasteiger partial charge in [-0.1, -0.05) is 0 Å². The Kier molecular flexibility index (Phi) is 2.34. The Labute approximate surface area is 78.1 Å². The van der Waals surface area contributed by atoms with Crippen LogP contribution in [0.5, 0.6) is 0 Å². The van der Waals surface area contributed by atoms with E-state index in [-0.39, 0.29) is 24.7 Å². The van der Waals surface area contributed by atoms with Crippen molar-refractivity contribution in [1.82, 2.24) is 15.2 Å². The number of nitrogens with one attached hydrogen (secondary N) is 1. The molecule has 4 nitrogen and oxygen atoms in total. The molecule has 1 atom stereocenters. The quantitative estimate of drug-likeness (QED) is 0.741. The fourth-order valence-corrected chi connectivity index (χ4v) is 0.987. The molecule has 1 aliphatic rings. The minimum absolute atomic E-state index is 0. The van der Waals surface area contributed by atoms with Gasteiger partial charge in [-0.05, 0) is 0 Å². The highest BCUT2D eigenvalue weighted by molar-refractivity contribution is 5.97. The van der Waals surface area contributed by atoms with Crippen LogP contribution in [0, 0.1) is 5.92 Å². The third-order valence-corrected chi connectivity index (χ3v) is 1.79. The molecule has 7 heteroatoms. The third kappa shape index (κ3) is 1.67. The van der Waals surface area contributed by atoms with Crippen molar-refractivity contribution in [2.75, 3.05) is 0 Å². The van der Waals surface area contributed by atoms with Crippen molar-refractivity contribution in [1.29, 1.82) is 0 Å². The Bertz CT molecular complexity index is 314. The first-order chi connectivity index (χ1) is 5.61. The molecule has 1 aromatic heterocycles. The normalized spacial score (nSPS) is 23.4. The lowest BCUT2D eigenvalue weighted by atomic mass is 10.2. The Morgan fingerprint density at radius 3 is 2.69 bits per heavy atom. The van der Waals surface area contributed by atoms with Gasteiger partial charge in [0.25, 0.3) is 5.92 Å². The molecule has 0 aliphatic heterocycles. The lowest BCUT2D eigenvalue weighted by molar-refractivity contribution is 0.0749. The summed E-state index contributed by atoms with van der Waals surface area (Å²) in [7, 11) is 0. The van der Waals surface area contributed by atoms with Crippen LogP contribution in [0.4, 0.5) is 8.78 Å². The fraction of sp³-hybridized carbons (Fsp3) is 0.500. The van der Waals surface area contributed by atoms with Gasteiger partial charge in [0.05, 0.1) is 5.92 Å². The van der Waals surface area contributed by atoms with Crippen LogP contribution in [0.25, 0.3) is 0 Å². The van der Waals surface area contributed by atoms with Crippen LogP contribution in [0.3, 0.4) is 0 Å². The van der Waals surface area contributed by atoms with E-state index in [1.165, 1.54) is 0 Å². The van der Waals surface area contributed by atoms with Crippen molar-refractivity contribution in [2.45, 2.75) is 12.3 Å². The molecule has 1 heterocycles. The first-order valence-electron chi connectivity index (χ1n) is 3.38.